The lowest BCUT2D eigenvalue weighted by Crippen LogP contribution is -2.10. The molecule has 1 aliphatic rings. The molecule has 1 atom stereocenters. The molecule has 1 aromatic rings. The second-order valence-electron chi connectivity index (χ2n) is 5.14. The highest BCUT2D eigenvalue weighted by Crippen LogP contribution is 2.36. The van der Waals surface area contributed by atoms with Gasteiger partial charge in [0.1, 0.15) is 5.82 Å². The molecular weight excluding hydrogens is 260 g/mol. The number of hydrogen-bond acceptors (Lipinski definition) is 1. The highest BCUT2D eigenvalue weighted by Gasteiger charge is 2.32. The van der Waals surface area contributed by atoms with Gasteiger partial charge in [-0.2, -0.15) is 13.2 Å². The molecule has 0 spiro atoms. The summed E-state index contributed by atoms with van der Waals surface area (Å²) >= 11 is 0. The SMILES string of the molecule is OC(CC1CCCC1)c1cc(C(F)(F)F)ccc1F. The van der Waals surface area contributed by atoms with Crippen molar-refractivity contribution in [1.82, 2.24) is 0 Å². The minimum Gasteiger partial charge on any atom is -0.388 e. The van der Waals surface area contributed by atoms with Crippen LogP contribution >= 0.6 is 0 Å². The monoisotopic (exact) mass is 276 g/mol. The van der Waals surface area contributed by atoms with Gasteiger partial charge in [0.25, 0.3) is 0 Å². The standard InChI is InChI=1S/C14H16F4O/c15-12-6-5-10(14(16,17)18)8-11(12)13(19)7-9-3-1-2-4-9/h5-6,8-9,13,19H,1-4,7H2. The van der Waals surface area contributed by atoms with Crippen molar-refractivity contribution in [3.05, 3.63) is 35.1 Å². The second kappa shape index (κ2) is 5.49. The highest BCUT2D eigenvalue weighted by atomic mass is 19.4. The number of aliphatic hydroxyl groups excluding tert-OH is 1. The lowest BCUT2D eigenvalue weighted by Gasteiger charge is -2.17. The van der Waals surface area contributed by atoms with Gasteiger partial charge in [-0.3, -0.25) is 0 Å². The predicted molar refractivity (Wildman–Crippen MR) is 62.9 cm³/mol. The molecule has 0 aliphatic heterocycles. The number of benzene rings is 1. The van der Waals surface area contributed by atoms with Gasteiger partial charge in [0.05, 0.1) is 11.7 Å². The Kier molecular flexibility index (Phi) is 4.13. The first-order valence-electron chi connectivity index (χ1n) is 6.42. The van der Waals surface area contributed by atoms with Crippen molar-refractivity contribution in [1.29, 1.82) is 0 Å². The van der Waals surface area contributed by atoms with Crippen LogP contribution in [0.25, 0.3) is 0 Å². The Bertz CT molecular complexity index is 436. The molecule has 1 unspecified atom stereocenters. The summed E-state index contributed by atoms with van der Waals surface area (Å²) in [6.07, 6.45) is -1.29. The average molecular weight is 276 g/mol. The lowest BCUT2D eigenvalue weighted by molar-refractivity contribution is -0.137. The number of alkyl halides is 3. The predicted octanol–water partition coefficient (Wildman–Crippen LogP) is 4.46. The molecule has 2 rings (SSSR count). The van der Waals surface area contributed by atoms with Crippen LogP contribution in [0.15, 0.2) is 18.2 Å². The van der Waals surface area contributed by atoms with Crippen LogP contribution in [0.3, 0.4) is 0 Å². The Labute approximate surface area is 109 Å². The first-order chi connectivity index (χ1) is 8.88. The zero-order valence-corrected chi connectivity index (χ0v) is 10.4. The van der Waals surface area contributed by atoms with Crippen LogP contribution in [0.1, 0.15) is 49.3 Å². The van der Waals surface area contributed by atoms with Crippen LogP contribution in [0.5, 0.6) is 0 Å². The van der Waals surface area contributed by atoms with E-state index in [1.54, 1.807) is 0 Å². The third-order valence-electron chi connectivity index (χ3n) is 3.71. The van der Waals surface area contributed by atoms with E-state index < -0.39 is 23.7 Å². The van der Waals surface area contributed by atoms with Crippen LogP contribution in [0, 0.1) is 11.7 Å². The maximum atomic E-state index is 13.6. The molecule has 0 aromatic heterocycles. The minimum absolute atomic E-state index is 0.248. The van der Waals surface area contributed by atoms with E-state index >= 15 is 0 Å². The molecule has 1 aliphatic carbocycles. The van der Waals surface area contributed by atoms with Crippen LogP contribution in [-0.2, 0) is 6.18 Å². The first kappa shape index (κ1) is 14.3. The van der Waals surface area contributed by atoms with Crippen LogP contribution in [0.2, 0.25) is 0 Å². The largest absolute Gasteiger partial charge is 0.416 e. The smallest absolute Gasteiger partial charge is 0.388 e. The first-order valence-corrected chi connectivity index (χ1v) is 6.42. The number of halogens is 4. The summed E-state index contributed by atoms with van der Waals surface area (Å²) in [5.41, 5.74) is -1.17. The van der Waals surface area contributed by atoms with Gasteiger partial charge in [0.2, 0.25) is 0 Å². The maximum Gasteiger partial charge on any atom is 0.416 e. The van der Waals surface area contributed by atoms with Gasteiger partial charge in [-0.25, -0.2) is 4.39 Å². The molecule has 1 aromatic carbocycles. The Balaban J connectivity index is 2.17. The van der Waals surface area contributed by atoms with E-state index in [0.29, 0.717) is 12.5 Å². The Morgan fingerprint density at radius 1 is 1.21 bits per heavy atom. The van der Waals surface area contributed by atoms with Crippen LogP contribution < -0.4 is 0 Å². The summed E-state index contributed by atoms with van der Waals surface area (Å²) in [6.45, 7) is 0. The van der Waals surface area contributed by atoms with Gasteiger partial charge in [0, 0.05) is 5.56 Å². The summed E-state index contributed by atoms with van der Waals surface area (Å²) in [5.74, 6) is -0.498. The summed E-state index contributed by atoms with van der Waals surface area (Å²) < 4.78 is 51.2. The molecule has 0 radical (unpaired) electrons. The lowest BCUT2D eigenvalue weighted by atomic mass is 9.94. The van der Waals surface area contributed by atoms with E-state index in [4.69, 9.17) is 0 Å². The fourth-order valence-corrected chi connectivity index (χ4v) is 2.66. The van der Waals surface area contributed by atoms with E-state index in [9.17, 15) is 22.7 Å². The van der Waals surface area contributed by atoms with E-state index in [1.165, 1.54) is 0 Å². The van der Waals surface area contributed by atoms with E-state index in [1.807, 2.05) is 0 Å². The quantitative estimate of drug-likeness (QED) is 0.808. The molecule has 1 saturated carbocycles. The summed E-state index contributed by atoms with van der Waals surface area (Å²) in [6, 6.07) is 2.19. The third kappa shape index (κ3) is 3.47. The zero-order valence-electron chi connectivity index (χ0n) is 10.4. The van der Waals surface area contributed by atoms with E-state index in [2.05, 4.69) is 0 Å². The summed E-state index contributed by atoms with van der Waals surface area (Å²) in [5, 5.41) is 9.94. The fraction of sp³-hybridized carbons (Fsp3) is 0.571. The molecule has 1 N–H and O–H groups in total. The summed E-state index contributed by atoms with van der Waals surface area (Å²) in [4.78, 5) is 0. The topological polar surface area (TPSA) is 20.2 Å². The highest BCUT2D eigenvalue weighted by molar-refractivity contribution is 5.28. The molecule has 1 nitrogen and oxygen atoms in total. The van der Waals surface area contributed by atoms with Crippen molar-refractivity contribution >= 4 is 0 Å². The second-order valence-corrected chi connectivity index (χ2v) is 5.14. The van der Waals surface area contributed by atoms with Crippen LogP contribution in [0.4, 0.5) is 17.6 Å². The van der Waals surface area contributed by atoms with Gasteiger partial charge in [-0.1, -0.05) is 25.7 Å². The van der Waals surface area contributed by atoms with Crippen LogP contribution in [-0.4, -0.2) is 5.11 Å². The van der Waals surface area contributed by atoms with Crippen molar-refractivity contribution in [2.45, 2.75) is 44.4 Å². The Morgan fingerprint density at radius 2 is 1.84 bits per heavy atom. The molecule has 0 heterocycles. The molecule has 0 amide bonds. The van der Waals surface area contributed by atoms with E-state index in [0.717, 1.165) is 37.8 Å². The van der Waals surface area contributed by atoms with Gasteiger partial charge in [-0.15, -0.1) is 0 Å². The molecule has 1 fully saturated rings. The van der Waals surface area contributed by atoms with E-state index in [-0.39, 0.29) is 11.5 Å². The summed E-state index contributed by atoms with van der Waals surface area (Å²) in [7, 11) is 0. The van der Waals surface area contributed by atoms with Gasteiger partial charge in [0.15, 0.2) is 0 Å². The van der Waals surface area contributed by atoms with Crippen molar-refractivity contribution in [2.75, 3.05) is 0 Å². The van der Waals surface area contributed by atoms with Crippen molar-refractivity contribution in [3.8, 4) is 0 Å². The van der Waals surface area contributed by atoms with Gasteiger partial charge >= 0.3 is 6.18 Å². The normalized spacial score (nSPS) is 18.8. The zero-order chi connectivity index (χ0) is 14.0. The number of hydrogen-bond donors (Lipinski definition) is 1. The fourth-order valence-electron chi connectivity index (χ4n) is 2.66. The molecule has 19 heavy (non-hydrogen) atoms. The number of aliphatic hydroxyl groups is 1. The van der Waals surface area contributed by atoms with Gasteiger partial charge < -0.3 is 5.11 Å². The Hall–Kier alpha value is -1.10. The molecule has 106 valence electrons. The van der Waals surface area contributed by atoms with Gasteiger partial charge in [-0.05, 0) is 30.5 Å². The maximum absolute atomic E-state index is 13.6. The Morgan fingerprint density at radius 3 is 2.42 bits per heavy atom. The van der Waals surface area contributed by atoms with Crippen molar-refractivity contribution in [2.24, 2.45) is 5.92 Å². The van der Waals surface area contributed by atoms with Crippen molar-refractivity contribution in [3.63, 3.8) is 0 Å². The number of rotatable bonds is 3. The molecular formula is C14H16F4O. The molecule has 0 saturated heterocycles. The molecule has 5 heteroatoms. The average Bonchev–Trinajstić information content (AvgIpc) is 2.80. The minimum atomic E-state index is -4.52. The molecule has 0 bridgehead atoms. The third-order valence-corrected chi connectivity index (χ3v) is 3.71. The van der Waals surface area contributed by atoms with Crippen molar-refractivity contribution < 1.29 is 22.7 Å².